The van der Waals surface area contributed by atoms with Crippen LogP contribution in [0, 0.1) is 0 Å². The number of rotatable bonds is 3. The number of hydrogen-bond donors (Lipinski definition) is 0. The molecule has 0 N–H and O–H groups in total. The predicted molar refractivity (Wildman–Crippen MR) is 58.4 cm³/mol. The zero-order chi connectivity index (χ0) is 11.6. The van der Waals surface area contributed by atoms with Crippen LogP contribution in [0.3, 0.4) is 0 Å². The van der Waals surface area contributed by atoms with Crippen LogP contribution in [0.25, 0.3) is 0 Å². The molecule has 1 aromatic carbocycles. The lowest BCUT2D eigenvalue weighted by Gasteiger charge is -2.10. The molecule has 0 fully saturated rings. The molecule has 1 atom stereocenters. The second-order valence-electron chi connectivity index (χ2n) is 3.05. The molecule has 0 saturated carbocycles. The first-order chi connectivity index (χ1) is 6.93. The predicted octanol–water partition coefficient (Wildman–Crippen LogP) is 4.26. The number of carbonyl (C=O) groups excluding carboxylic acids is 1. The Balaban J connectivity index is 3.16. The van der Waals surface area contributed by atoms with Crippen molar-refractivity contribution in [1.82, 2.24) is 0 Å². The van der Waals surface area contributed by atoms with Gasteiger partial charge in [-0.05, 0) is 24.6 Å². The SMILES string of the molecule is CC(=O)C(Cl)c1cc(C(F)F)ccc1Br. The standard InChI is InChI=1S/C10H8BrClF2O/c1-5(15)9(12)7-4-6(10(13)14)2-3-8(7)11/h2-4,9-10H,1H3. The van der Waals surface area contributed by atoms with Gasteiger partial charge in [-0.1, -0.05) is 22.0 Å². The van der Waals surface area contributed by atoms with E-state index in [-0.39, 0.29) is 11.3 Å². The average Bonchev–Trinajstić information content (AvgIpc) is 2.16. The van der Waals surface area contributed by atoms with Crippen molar-refractivity contribution in [2.24, 2.45) is 0 Å². The van der Waals surface area contributed by atoms with Crippen LogP contribution in [-0.2, 0) is 4.79 Å². The maximum atomic E-state index is 12.4. The van der Waals surface area contributed by atoms with Gasteiger partial charge in [0.25, 0.3) is 6.43 Å². The number of benzene rings is 1. The van der Waals surface area contributed by atoms with E-state index in [1.54, 1.807) is 0 Å². The number of ketones is 1. The molecule has 0 saturated heterocycles. The molecular weight excluding hydrogens is 289 g/mol. The van der Waals surface area contributed by atoms with Gasteiger partial charge in [0.2, 0.25) is 0 Å². The van der Waals surface area contributed by atoms with Gasteiger partial charge in [-0.2, -0.15) is 0 Å². The summed E-state index contributed by atoms with van der Waals surface area (Å²) in [5.41, 5.74) is 0.238. The zero-order valence-electron chi connectivity index (χ0n) is 7.81. The highest BCUT2D eigenvalue weighted by Gasteiger charge is 2.18. The smallest absolute Gasteiger partial charge is 0.263 e. The molecule has 1 aromatic rings. The van der Waals surface area contributed by atoms with Crippen LogP contribution in [0.1, 0.15) is 29.9 Å². The van der Waals surface area contributed by atoms with E-state index in [0.29, 0.717) is 10.0 Å². The molecule has 5 heteroatoms. The Morgan fingerprint density at radius 1 is 1.47 bits per heavy atom. The molecule has 0 amide bonds. The minimum atomic E-state index is -2.56. The summed E-state index contributed by atoms with van der Waals surface area (Å²) >= 11 is 8.97. The van der Waals surface area contributed by atoms with E-state index in [9.17, 15) is 13.6 Å². The monoisotopic (exact) mass is 296 g/mol. The van der Waals surface area contributed by atoms with Crippen LogP contribution in [0.5, 0.6) is 0 Å². The lowest BCUT2D eigenvalue weighted by atomic mass is 10.1. The van der Waals surface area contributed by atoms with Gasteiger partial charge >= 0.3 is 0 Å². The Morgan fingerprint density at radius 2 is 2.07 bits per heavy atom. The lowest BCUT2D eigenvalue weighted by molar-refractivity contribution is -0.116. The Bertz CT molecular complexity index is 382. The molecule has 1 nitrogen and oxygen atoms in total. The normalized spacial score (nSPS) is 12.9. The van der Waals surface area contributed by atoms with Gasteiger partial charge in [-0.25, -0.2) is 8.78 Å². The maximum Gasteiger partial charge on any atom is 0.263 e. The molecule has 82 valence electrons. The molecule has 1 unspecified atom stereocenters. The fourth-order valence-electron chi connectivity index (χ4n) is 1.11. The number of halogens is 4. The summed E-state index contributed by atoms with van der Waals surface area (Å²) in [6.07, 6.45) is -2.56. The van der Waals surface area contributed by atoms with Crippen molar-refractivity contribution >= 4 is 33.3 Å². The van der Waals surface area contributed by atoms with E-state index >= 15 is 0 Å². The second kappa shape index (κ2) is 5.03. The van der Waals surface area contributed by atoms with Gasteiger partial charge < -0.3 is 0 Å². The molecule has 1 rings (SSSR count). The fraction of sp³-hybridized carbons (Fsp3) is 0.300. The Kier molecular flexibility index (Phi) is 4.22. The molecule has 0 heterocycles. The first-order valence-corrected chi connectivity index (χ1v) is 5.38. The third-order valence-corrected chi connectivity index (χ3v) is 3.17. The van der Waals surface area contributed by atoms with Crippen molar-refractivity contribution in [3.05, 3.63) is 33.8 Å². The lowest BCUT2D eigenvalue weighted by Crippen LogP contribution is -2.03. The van der Waals surface area contributed by atoms with Crippen molar-refractivity contribution in [1.29, 1.82) is 0 Å². The number of hydrogen-bond acceptors (Lipinski definition) is 1. The van der Waals surface area contributed by atoms with Crippen LogP contribution >= 0.6 is 27.5 Å². The van der Waals surface area contributed by atoms with Crippen LogP contribution in [0.4, 0.5) is 8.78 Å². The largest absolute Gasteiger partial charge is 0.298 e. The molecule has 0 aliphatic heterocycles. The molecule has 0 aromatic heterocycles. The van der Waals surface area contributed by atoms with Crippen molar-refractivity contribution in [2.75, 3.05) is 0 Å². The summed E-state index contributed by atoms with van der Waals surface area (Å²) in [5.74, 6) is -0.274. The summed E-state index contributed by atoms with van der Waals surface area (Å²) in [7, 11) is 0. The van der Waals surface area contributed by atoms with E-state index in [1.807, 2.05) is 0 Å². The number of carbonyl (C=O) groups is 1. The topological polar surface area (TPSA) is 17.1 Å². The minimum absolute atomic E-state index is 0.139. The Hall–Kier alpha value is -0.480. The van der Waals surface area contributed by atoms with Gasteiger partial charge in [-0.15, -0.1) is 11.6 Å². The van der Waals surface area contributed by atoms with E-state index < -0.39 is 11.8 Å². The average molecular weight is 298 g/mol. The van der Waals surface area contributed by atoms with Crippen molar-refractivity contribution in [2.45, 2.75) is 18.7 Å². The maximum absolute atomic E-state index is 12.4. The van der Waals surface area contributed by atoms with Crippen molar-refractivity contribution < 1.29 is 13.6 Å². The van der Waals surface area contributed by atoms with E-state index in [4.69, 9.17) is 11.6 Å². The summed E-state index contributed by atoms with van der Waals surface area (Å²) < 4.78 is 25.4. The van der Waals surface area contributed by atoms with Gasteiger partial charge in [-0.3, -0.25) is 4.79 Å². The summed E-state index contributed by atoms with van der Waals surface area (Å²) in [4.78, 5) is 11.0. The molecule has 0 bridgehead atoms. The van der Waals surface area contributed by atoms with Crippen molar-refractivity contribution in [3.63, 3.8) is 0 Å². The Morgan fingerprint density at radius 3 is 2.53 bits per heavy atom. The van der Waals surface area contributed by atoms with Crippen LogP contribution < -0.4 is 0 Å². The molecule has 15 heavy (non-hydrogen) atoms. The van der Waals surface area contributed by atoms with E-state index in [1.165, 1.54) is 25.1 Å². The van der Waals surface area contributed by atoms with Crippen LogP contribution in [0.2, 0.25) is 0 Å². The first kappa shape index (κ1) is 12.6. The minimum Gasteiger partial charge on any atom is -0.298 e. The van der Waals surface area contributed by atoms with E-state index in [0.717, 1.165) is 0 Å². The van der Waals surface area contributed by atoms with Gasteiger partial charge in [0.1, 0.15) is 5.38 Å². The number of alkyl halides is 3. The third kappa shape index (κ3) is 2.98. The molecule has 0 aliphatic rings. The second-order valence-corrected chi connectivity index (χ2v) is 4.35. The summed E-state index contributed by atoms with van der Waals surface area (Å²) in [6, 6.07) is 4.00. The molecule has 0 radical (unpaired) electrons. The summed E-state index contributed by atoms with van der Waals surface area (Å²) in [6.45, 7) is 1.32. The molecular formula is C10H8BrClF2O. The highest BCUT2D eigenvalue weighted by molar-refractivity contribution is 9.10. The Labute approximate surface area is 99.6 Å². The van der Waals surface area contributed by atoms with Crippen LogP contribution in [0.15, 0.2) is 22.7 Å². The fourth-order valence-corrected chi connectivity index (χ4v) is 1.90. The molecule has 0 spiro atoms. The van der Waals surface area contributed by atoms with Gasteiger partial charge in [0.15, 0.2) is 5.78 Å². The summed E-state index contributed by atoms with van der Waals surface area (Å²) in [5, 5.41) is -0.891. The quantitative estimate of drug-likeness (QED) is 0.762. The third-order valence-electron chi connectivity index (χ3n) is 1.90. The first-order valence-electron chi connectivity index (χ1n) is 4.15. The highest BCUT2D eigenvalue weighted by Crippen LogP contribution is 2.32. The molecule has 0 aliphatic carbocycles. The number of Topliss-reactive ketones (excluding diaryl/α,β-unsaturated/α-hetero) is 1. The van der Waals surface area contributed by atoms with Crippen molar-refractivity contribution in [3.8, 4) is 0 Å². The van der Waals surface area contributed by atoms with Gasteiger partial charge in [0.05, 0.1) is 0 Å². The van der Waals surface area contributed by atoms with Gasteiger partial charge in [0, 0.05) is 10.0 Å². The zero-order valence-corrected chi connectivity index (χ0v) is 10.1. The van der Waals surface area contributed by atoms with Crippen LogP contribution in [-0.4, -0.2) is 5.78 Å². The highest BCUT2D eigenvalue weighted by atomic mass is 79.9. The van der Waals surface area contributed by atoms with E-state index in [2.05, 4.69) is 15.9 Å².